The molecule has 0 aromatic carbocycles. The molecule has 3 nitrogen and oxygen atoms in total. The van der Waals surface area contributed by atoms with Gasteiger partial charge in [-0.3, -0.25) is 4.79 Å². The molecule has 2 rings (SSSR count). The van der Waals surface area contributed by atoms with Crippen LogP contribution in [0.2, 0.25) is 0 Å². The Morgan fingerprint density at radius 3 is 2.62 bits per heavy atom. The largest absolute Gasteiger partial charge is 0.342 e. The zero-order valence-electron chi connectivity index (χ0n) is 10.4. The summed E-state index contributed by atoms with van der Waals surface area (Å²) in [6.07, 6.45) is 6.78. The normalized spacial score (nSPS) is 28.6. The minimum atomic E-state index is -0.0104. The van der Waals surface area contributed by atoms with Crippen molar-refractivity contribution in [3.8, 4) is 0 Å². The third-order valence-corrected chi connectivity index (χ3v) is 4.60. The molecule has 0 bridgehead atoms. The van der Waals surface area contributed by atoms with Gasteiger partial charge in [0.25, 0.3) is 0 Å². The van der Waals surface area contributed by atoms with E-state index in [2.05, 4.69) is 11.8 Å². The second-order valence-electron chi connectivity index (χ2n) is 5.48. The summed E-state index contributed by atoms with van der Waals surface area (Å²) < 4.78 is 0. The van der Waals surface area contributed by atoms with Gasteiger partial charge in [0.2, 0.25) is 5.91 Å². The maximum Gasteiger partial charge on any atom is 0.228 e. The lowest BCUT2D eigenvalue weighted by atomic mass is 9.82. The monoisotopic (exact) mass is 224 g/mol. The van der Waals surface area contributed by atoms with Gasteiger partial charge in [0.1, 0.15) is 0 Å². The Labute approximate surface area is 98.4 Å². The molecular formula is C13H24N2O. The van der Waals surface area contributed by atoms with Crippen LogP contribution in [0.25, 0.3) is 0 Å². The fourth-order valence-electron chi connectivity index (χ4n) is 3.32. The number of amides is 1. The van der Waals surface area contributed by atoms with Crippen LogP contribution in [0.4, 0.5) is 0 Å². The molecule has 0 radical (unpaired) electrons. The van der Waals surface area contributed by atoms with Gasteiger partial charge in [0.15, 0.2) is 0 Å². The van der Waals surface area contributed by atoms with E-state index < -0.39 is 0 Å². The fourth-order valence-corrected chi connectivity index (χ4v) is 3.32. The van der Waals surface area contributed by atoms with Crippen molar-refractivity contribution in [1.82, 2.24) is 4.90 Å². The van der Waals surface area contributed by atoms with Crippen LogP contribution in [0.1, 0.15) is 45.4 Å². The molecule has 16 heavy (non-hydrogen) atoms. The molecule has 0 spiro atoms. The third-order valence-electron chi connectivity index (χ3n) is 4.60. The van der Waals surface area contributed by atoms with E-state index in [1.54, 1.807) is 0 Å². The first-order valence-electron chi connectivity index (χ1n) is 6.71. The van der Waals surface area contributed by atoms with Crippen LogP contribution in [0.3, 0.4) is 0 Å². The SMILES string of the molecule is CCC1(C(=O)N2CCC(CN)C2)CCCC1. The van der Waals surface area contributed by atoms with Crippen molar-refractivity contribution in [1.29, 1.82) is 0 Å². The summed E-state index contributed by atoms with van der Waals surface area (Å²) >= 11 is 0. The van der Waals surface area contributed by atoms with E-state index >= 15 is 0 Å². The number of nitrogens with zero attached hydrogens (tertiary/aromatic N) is 1. The number of carbonyl (C=O) groups is 1. The van der Waals surface area contributed by atoms with Crippen LogP contribution in [0.5, 0.6) is 0 Å². The fraction of sp³-hybridized carbons (Fsp3) is 0.923. The number of nitrogens with two attached hydrogens (primary N) is 1. The maximum absolute atomic E-state index is 12.5. The Balaban J connectivity index is 2.01. The molecule has 0 aromatic rings. The first-order valence-corrected chi connectivity index (χ1v) is 6.71. The Morgan fingerprint density at radius 2 is 2.12 bits per heavy atom. The van der Waals surface area contributed by atoms with E-state index in [4.69, 9.17) is 5.73 Å². The van der Waals surface area contributed by atoms with Crippen molar-refractivity contribution in [2.45, 2.75) is 45.4 Å². The number of likely N-dealkylation sites (tertiary alicyclic amines) is 1. The van der Waals surface area contributed by atoms with Gasteiger partial charge < -0.3 is 10.6 Å². The summed E-state index contributed by atoms with van der Waals surface area (Å²) in [6.45, 7) is 4.72. The molecule has 0 aromatic heterocycles. The zero-order chi connectivity index (χ0) is 11.6. The smallest absolute Gasteiger partial charge is 0.228 e. The lowest BCUT2D eigenvalue weighted by Crippen LogP contribution is -2.41. The number of rotatable bonds is 3. The van der Waals surface area contributed by atoms with Crippen molar-refractivity contribution < 1.29 is 4.79 Å². The van der Waals surface area contributed by atoms with E-state index in [-0.39, 0.29) is 5.41 Å². The zero-order valence-corrected chi connectivity index (χ0v) is 10.4. The van der Waals surface area contributed by atoms with Crippen LogP contribution in [0, 0.1) is 11.3 Å². The molecule has 1 heterocycles. The molecule has 1 amide bonds. The predicted octanol–water partition coefficient (Wildman–Crippen LogP) is 1.76. The van der Waals surface area contributed by atoms with Crippen LogP contribution < -0.4 is 5.73 Å². The topological polar surface area (TPSA) is 46.3 Å². The minimum Gasteiger partial charge on any atom is -0.342 e. The molecule has 1 unspecified atom stereocenters. The van der Waals surface area contributed by atoms with Crippen molar-refractivity contribution in [3.05, 3.63) is 0 Å². The van der Waals surface area contributed by atoms with Gasteiger partial charge in [-0.05, 0) is 38.1 Å². The molecule has 1 saturated heterocycles. The summed E-state index contributed by atoms with van der Waals surface area (Å²) in [4.78, 5) is 14.6. The summed E-state index contributed by atoms with van der Waals surface area (Å²) in [7, 11) is 0. The predicted molar refractivity (Wildman–Crippen MR) is 64.9 cm³/mol. The summed E-state index contributed by atoms with van der Waals surface area (Å²) in [5.41, 5.74) is 5.67. The van der Waals surface area contributed by atoms with Crippen molar-refractivity contribution in [2.75, 3.05) is 19.6 Å². The Morgan fingerprint density at radius 1 is 1.44 bits per heavy atom. The van der Waals surface area contributed by atoms with Crippen LogP contribution in [-0.2, 0) is 4.79 Å². The van der Waals surface area contributed by atoms with Gasteiger partial charge in [0, 0.05) is 18.5 Å². The van der Waals surface area contributed by atoms with Crippen molar-refractivity contribution in [2.24, 2.45) is 17.1 Å². The van der Waals surface area contributed by atoms with E-state index in [1.807, 2.05) is 0 Å². The Hall–Kier alpha value is -0.570. The number of carbonyl (C=O) groups excluding carboxylic acids is 1. The highest BCUT2D eigenvalue weighted by molar-refractivity contribution is 5.83. The number of hydrogen-bond acceptors (Lipinski definition) is 2. The summed E-state index contributed by atoms with van der Waals surface area (Å²) in [5, 5.41) is 0. The quantitative estimate of drug-likeness (QED) is 0.794. The molecule has 2 N–H and O–H groups in total. The van der Waals surface area contributed by atoms with E-state index in [0.717, 1.165) is 45.3 Å². The second-order valence-corrected chi connectivity index (χ2v) is 5.48. The van der Waals surface area contributed by atoms with E-state index in [9.17, 15) is 4.79 Å². The number of hydrogen-bond donors (Lipinski definition) is 1. The van der Waals surface area contributed by atoms with Crippen LogP contribution in [0.15, 0.2) is 0 Å². The molecule has 1 aliphatic heterocycles. The lowest BCUT2D eigenvalue weighted by Gasteiger charge is -2.31. The van der Waals surface area contributed by atoms with Gasteiger partial charge in [-0.15, -0.1) is 0 Å². The van der Waals surface area contributed by atoms with E-state index in [0.29, 0.717) is 11.8 Å². The molecule has 1 atom stereocenters. The van der Waals surface area contributed by atoms with Gasteiger partial charge in [-0.25, -0.2) is 0 Å². The third kappa shape index (κ3) is 1.97. The molecule has 2 aliphatic rings. The summed E-state index contributed by atoms with van der Waals surface area (Å²) in [5.74, 6) is 0.961. The Bertz CT molecular complexity index is 259. The van der Waals surface area contributed by atoms with Crippen molar-refractivity contribution >= 4 is 5.91 Å². The maximum atomic E-state index is 12.5. The molecule has 1 saturated carbocycles. The average Bonchev–Trinajstić information content (AvgIpc) is 2.98. The molecule has 3 heteroatoms. The second kappa shape index (κ2) is 4.74. The van der Waals surface area contributed by atoms with Crippen molar-refractivity contribution in [3.63, 3.8) is 0 Å². The van der Waals surface area contributed by atoms with Crippen LogP contribution in [-0.4, -0.2) is 30.4 Å². The highest BCUT2D eigenvalue weighted by Crippen LogP contribution is 2.43. The van der Waals surface area contributed by atoms with Gasteiger partial charge >= 0.3 is 0 Å². The summed E-state index contributed by atoms with van der Waals surface area (Å²) in [6, 6.07) is 0. The van der Waals surface area contributed by atoms with Gasteiger partial charge in [-0.2, -0.15) is 0 Å². The molecular weight excluding hydrogens is 200 g/mol. The Kier molecular flexibility index (Phi) is 3.53. The van der Waals surface area contributed by atoms with Gasteiger partial charge in [-0.1, -0.05) is 19.8 Å². The standard InChI is InChI=1S/C13H24N2O/c1-2-13(6-3-4-7-13)12(16)15-8-5-11(9-14)10-15/h11H,2-10,14H2,1H3. The first kappa shape index (κ1) is 11.9. The molecule has 92 valence electrons. The van der Waals surface area contributed by atoms with E-state index in [1.165, 1.54) is 12.8 Å². The highest BCUT2D eigenvalue weighted by Gasteiger charge is 2.43. The molecule has 1 aliphatic carbocycles. The highest BCUT2D eigenvalue weighted by atomic mass is 16.2. The minimum absolute atomic E-state index is 0.0104. The lowest BCUT2D eigenvalue weighted by molar-refractivity contribution is -0.141. The van der Waals surface area contributed by atoms with Crippen LogP contribution >= 0.6 is 0 Å². The first-order chi connectivity index (χ1) is 7.72. The molecule has 2 fully saturated rings. The van der Waals surface area contributed by atoms with Gasteiger partial charge in [0.05, 0.1) is 0 Å². The average molecular weight is 224 g/mol.